The van der Waals surface area contributed by atoms with Crippen molar-refractivity contribution in [1.29, 1.82) is 0 Å². The van der Waals surface area contributed by atoms with Crippen LogP contribution < -0.4 is 5.32 Å². The highest BCUT2D eigenvalue weighted by molar-refractivity contribution is 5.96. The highest BCUT2D eigenvalue weighted by atomic mass is 16.7. The molecule has 0 saturated heterocycles. The number of hydrogen-bond donors (Lipinski definition) is 2. The first-order chi connectivity index (χ1) is 7.69. The van der Waals surface area contributed by atoms with Crippen molar-refractivity contribution >= 4 is 5.91 Å². The molecule has 0 aliphatic rings. The number of benzene rings is 1. The van der Waals surface area contributed by atoms with Crippen molar-refractivity contribution in [2.45, 2.75) is 6.29 Å². The van der Waals surface area contributed by atoms with Gasteiger partial charge in [0.2, 0.25) is 0 Å². The highest BCUT2D eigenvalue weighted by Gasteiger charge is 2.12. The largest absolute Gasteiger partial charge is 0.507 e. The second-order valence-corrected chi connectivity index (χ2v) is 3.13. The summed E-state index contributed by atoms with van der Waals surface area (Å²) >= 11 is 0. The number of phenols is 1. The van der Waals surface area contributed by atoms with Gasteiger partial charge in [-0.25, -0.2) is 0 Å². The summed E-state index contributed by atoms with van der Waals surface area (Å²) < 4.78 is 9.83. The molecule has 0 aliphatic carbocycles. The smallest absolute Gasteiger partial charge is 0.255 e. The molecule has 1 amide bonds. The molecule has 5 heteroatoms. The number of rotatable bonds is 5. The van der Waals surface area contributed by atoms with E-state index >= 15 is 0 Å². The first-order valence-corrected chi connectivity index (χ1v) is 4.80. The molecule has 1 aromatic rings. The molecule has 5 nitrogen and oxygen atoms in total. The number of carbonyl (C=O) groups is 1. The topological polar surface area (TPSA) is 67.8 Å². The number of para-hydroxylation sites is 1. The Morgan fingerprint density at radius 1 is 1.38 bits per heavy atom. The monoisotopic (exact) mass is 225 g/mol. The third-order valence-electron chi connectivity index (χ3n) is 2.10. The molecule has 1 aromatic carbocycles. The zero-order chi connectivity index (χ0) is 12.0. The van der Waals surface area contributed by atoms with Crippen LogP contribution in [0.3, 0.4) is 0 Å². The van der Waals surface area contributed by atoms with Crippen LogP contribution in [0.2, 0.25) is 0 Å². The molecule has 0 aromatic heterocycles. The Bertz CT molecular complexity index is 350. The average molecular weight is 225 g/mol. The van der Waals surface area contributed by atoms with E-state index in [1.807, 2.05) is 0 Å². The molecular formula is C11H15NO4. The lowest BCUT2D eigenvalue weighted by Crippen LogP contribution is -2.34. The van der Waals surface area contributed by atoms with E-state index in [1.165, 1.54) is 20.3 Å². The fourth-order valence-electron chi connectivity index (χ4n) is 1.20. The van der Waals surface area contributed by atoms with Crippen molar-refractivity contribution in [2.24, 2.45) is 0 Å². The van der Waals surface area contributed by atoms with Crippen LogP contribution in [0, 0.1) is 0 Å². The van der Waals surface area contributed by atoms with Crippen LogP contribution in [0.25, 0.3) is 0 Å². The lowest BCUT2D eigenvalue weighted by molar-refractivity contribution is -0.0974. The summed E-state index contributed by atoms with van der Waals surface area (Å²) in [6, 6.07) is 6.33. The molecule has 2 N–H and O–H groups in total. The first-order valence-electron chi connectivity index (χ1n) is 4.80. The normalized spacial score (nSPS) is 10.4. The molecule has 0 spiro atoms. The van der Waals surface area contributed by atoms with Gasteiger partial charge >= 0.3 is 0 Å². The number of nitrogens with one attached hydrogen (secondary N) is 1. The first kappa shape index (κ1) is 12.5. The predicted molar refractivity (Wildman–Crippen MR) is 58.2 cm³/mol. The third kappa shape index (κ3) is 3.22. The van der Waals surface area contributed by atoms with Crippen LogP contribution in [0.5, 0.6) is 5.75 Å². The summed E-state index contributed by atoms with van der Waals surface area (Å²) in [4.78, 5) is 11.6. The Labute approximate surface area is 94.0 Å². The van der Waals surface area contributed by atoms with E-state index < -0.39 is 6.29 Å². The maximum absolute atomic E-state index is 11.6. The summed E-state index contributed by atoms with van der Waals surface area (Å²) in [5, 5.41) is 12.0. The summed E-state index contributed by atoms with van der Waals surface area (Å²) in [5.41, 5.74) is 0.230. The SMILES string of the molecule is COC(CNC(=O)c1ccccc1O)OC. The van der Waals surface area contributed by atoms with Gasteiger partial charge in [0.1, 0.15) is 5.75 Å². The fraction of sp³-hybridized carbons (Fsp3) is 0.364. The second kappa shape index (κ2) is 6.09. The van der Waals surface area contributed by atoms with Crippen molar-refractivity contribution < 1.29 is 19.4 Å². The lowest BCUT2D eigenvalue weighted by Gasteiger charge is -2.14. The zero-order valence-electron chi connectivity index (χ0n) is 9.27. The molecule has 0 bridgehead atoms. The van der Waals surface area contributed by atoms with Crippen LogP contribution in [0.4, 0.5) is 0 Å². The quantitative estimate of drug-likeness (QED) is 0.725. The predicted octanol–water partition coefficient (Wildman–Crippen LogP) is 0.741. The number of hydrogen-bond acceptors (Lipinski definition) is 4. The molecule has 0 aliphatic heterocycles. The molecule has 0 heterocycles. The number of methoxy groups -OCH3 is 2. The zero-order valence-corrected chi connectivity index (χ0v) is 9.27. The number of carbonyl (C=O) groups excluding carboxylic acids is 1. The highest BCUT2D eigenvalue weighted by Crippen LogP contribution is 2.14. The average Bonchev–Trinajstić information content (AvgIpc) is 2.30. The van der Waals surface area contributed by atoms with Gasteiger partial charge in [-0.3, -0.25) is 4.79 Å². The van der Waals surface area contributed by atoms with Gasteiger partial charge in [0.15, 0.2) is 6.29 Å². The summed E-state index contributed by atoms with van der Waals surface area (Å²) in [7, 11) is 2.97. The molecule has 16 heavy (non-hydrogen) atoms. The van der Waals surface area contributed by atoms with Crippen LogP contribution in [-0.4, -0.2) is 38.1 Å². The Kier molecular flexibility index (Phi) is 4.75. The molecule has 0 saturated carbocycles. The Morgan fingerprint density at radius 3 is 2.56 bits per heavy atom. The van der Waals surface area contributed by atoms with E-state index in [0.717, 1.165) is 0 Å². The van der Waals surface area contributed by atoms with Crippen LogP contribution in [0.1, 0.15) is 10.4 Å². The van der Waals surface area contributed by atoms with E-state index in [9.17, 15) is 9.90 Å². The molecular weight excluding hydrogens is 210 g/mol. The van der Waals surface area contributed by atoms with E-state index in [-0.39, 0.29) is 23.8 Å². The number of amides is 1. The molecule has 0 fully saturated rings. The molecule has 88 valence electrons. The van der Waals surface area contributed by atoms with Crippen LogP contribution in [0.15, 0.2) is 24.3 Å². The van der Waals surface area contributed by atoms with Gasteiger partial charge in [0, 0.05) is 14.2 Å². The Balaban J connectivity index is 2.56. The van der Waals surface area contributed by atoms with Crippen molar-refractivity contribution in [3.8, 4) is 5.75 Å². The minimum absolute atomic E-state index is 0.0496. The number of ether oxygens (including phenoxy) is 2. The van der Waals surface area contributed by atoms with Crippen molar-refractivity contribution in [2.75, 3.05) is 20.8 Å². The summed E-state index contributed by atoms with van der Waals surface area (Å²) in [6.45, 7) is 0.222. The fourth-order valence-corrected chi connectivity index (χ4v) is 1.20. The van der Waals surface area contributed by atoms with E-state index in [4.69, 9.17) is 9.47 Å². The van der Waals surface area contributed by atoms with Gasteiger partial charge in [-0.05, 0) is 12.1 Å². The minimum Gasteiger partial charge on any atom is -0.507 e. The third-order valence-corrected chi connectivity index (χ3v) is 2.10. The van der Waals surface area contributed by atoms with E-state index in [2.05, 4.69) is 5.32 Å². The van der Waals surface area contributed by atoms with Crippen molar-refractivity contribution in [1.82, 2.24) is 5.32 Å². The lowest BCUT2D eigenvalue weighted by atomic mass is 10.2. The van der Waals surface area contributed by atoms with E-state index in [1.54, 1.807) is 18.2 Å². The van der Waals surface area contributed by atoms with Gasteiger partial charge in [-0.15, -0.1) is 0 Å². The summed E-state index contributed by atoms with van der Waals surface area (Å²) in [5.74, 6) is -0.413. The number of phenolic OH excluding ortho intramolecular Hbond substituents is 1. The van der Waals surface area contributed by atoms with Crippen LogP contribution in [-0.2, 0) is 9.47 Å². The van der Waals surface area contributed by atoms with Gasteiger partial charge in [0.25, 0.3) is 5.91 Å². The molecule has 0 atom stereocenters. The van der Waals surface area contributed by atoms with Crippen LogP contribution >= 0.6 is 0 Å². The summed E-state index contributed by atoms with van der Waals surface area (Å²) in [6.07, 6.45) is -0.491. The van der Waals surface area contributed by atoms with Crippen molar-refractivity contribution in [3.63, 3.8) is 0 Å². The minimum atomic E-state index is -0.491. The maximum Gasteiger partial charge on any atom is 0.255 e. The van der Waals surface area contributed by atoms with Gasteiger partial charge < -0.3 is 19.9 Å². The van der Waals surface area contributed by atoms with Gasteiger partial charge in [-0.1, -0.05) is 12.1 Å². The standard InChI is InChI=1S/C11H15NO4/c1-15-10(16-2)7-12-11(14)8-5-3-4-6-9(8)13/h3-6,10,13H,7H2,1-2H3,(H,12,14). The van der Waals surface area contributed by atoms with E-state index in [0.29, 0.717) is 0 Å². The molecule has 0 radical (unpaired) electrons. The molecule has 1 rings (SSSR count). The van der Waals surface area contributed by atoms with Gasteiger partial charge in [-0.2, -0.15) is 0 Å². The Morgan fingerprint density at radius 2 is 2.00 bits per heavy atom. The maximum atomic E-state index is 11.6. The Hall–Kier alpha value is -1.59. The van der Waals surface area contributed by atoms with Gasteiger partial charge in [0.05, 0.1) is 12.1 Å². The number of aromatic hydroxyl groups is 1. The van der Waals surface area contributed by atoms with Crippen molar-refractivity contribution in [3.05, 3.63) is 29.8 Å². The molecule has 0 unspecified atom stereocenters. The second-order valence-electron chi connectivity index (χ2n) is 3.13.